The zero-order valence-electron chi connectivity index (χ0n) is 8.57. The van der Waals surface area contributed by atoms with Gasteiger partial charge in [0.25, 0.3) is 0 Å². The van der Waals surface area contributed by atoms with Crippen LogP contribution in [0, 0.1) is 0 Å². The van der Waals surface area contributed by atoms with Crippen LogP contribution in [-0.2, 0) is 9.53 Å². The van der Waals surface area contributed by atoms with Gasteiger partial charge in [-0.1, -0.05) is 0 Å². The van der Waals surface area contributed by atoms with Crippen LogP contribution < -0.4 is 0 Å². The van der Waals surface area contributed by atoms with Crippen molar-refractivity contribution in [3.05, 3.63) is 11.8 Å². The van der Waals surface area contributed by atoms with Crippen LogP contribution in [0.4, 0.5) is 0 Å². The Labute approximate surface area is 78.8 Å². The maximum atomic E-state index is 11.2. The second kappa shape index (κ2) is 5.59. The summed E-state index contributed by atoms with van der Waals surface area (Å²) in [5.74, 6) is -0.394. The Hall–Kier alpha value is -1.03. The van der Waals surface area contributed by atoms with Crippen molar-refractivity contribution < 1.29 is 14.6 Å². The van der Waals surface area contributed by atoms with Gasteiger partial charge in [-0.25, -0.2) is 4.79 Å². The molecule has 0 bridgehead atoms. The van der Waals surface area contributed by atoms with Crippen LogP contribution in [-0.4, -0.2) is 42.8 Å². The van der Waals surface area contributed by atoms with Crippen molar-refractivity contribution in [3.8, 4) is 0 Å². The minimum Gasteiger partial charge on any atom is -0.460 e. The number of rotatable bonds is 4. The van der Waals surface area contributed by atoms with E-state index in [9.17, 15) is 4.79 Å². The first-order valence-corrected chi connectivity index (χ1v) is 4.13. The summed E-state index contributed by atoms with van der Waals surface area (Å²) in [6, 6.07) is 0. The molecule has 0 aliphatic rings. The number of carbonyl (C=O) groups is 1. The molecule has 1 atom stereocenters. The standard InChI is InChI=1S/C9H17NO3/c1-7(5-10(3)4)9(12)13-6-8(2)11/h5,8,11H,6H2,1-4H3/b7-5+. The van der Waals surface area contributed by atoms with Crippen LogP contribution >= 0.6 is 0 Å². The molecule has 0 radical (unpaired) electrons. The Kier molecular flexibility index (Phi) is 5.14. The minimum absolute atomic E-state index is 0.0391. The minimum atomic E-state index is -0.615. The predicted molar refractivity (Wildman–Crippen MR) is 50.1 cm³/mol. The molecule has 1 unspecified atom stereocenters. The maximum absolute atomic E-state index is 11.2. The van der Waals surface area contributed by atoms with E-state index in [4.69, 9.17) is 9.84 Å². The Bertz CT molecular complexity index is 197. The third-order valence-corrected chi connectivity index (χ3v) is 1.23. The molecular formula is C9H17NO3. The molecule has 0 fully saturated rings. The van der Waals surface area contributed by atoms with E-state index in [0.29, 0.717) is 5.57 Å². The lowest BCUT2D eigenvalue weighted by molar-refractivity contribution is -0.141. The van der Waals surface area contributed by atoms with Gasteiger partial charge in [0.05, 0.1) is 6.10 Å². The molecular weight excluding hydrogens is 170 g/mol. The second-order valence-electron chi connectivity index (χ2n) is 3.22. The highest BCUT2D eigenvalue weighted by molar-refractivity contribution is 5.87. The van der Waals surface area contributed by atoms with Crippen LogP contribution in [0.1, 0.15) is 13.8 Å². The Morgan fingerprint density at radius 1 is 1.62 bits per heavy atom. The maximum Gasteiger partial charge on any atom is 0.335 e. The van der Waals surface area contributed by atoms with Gasteiger partial charge in [-0.2, -0.15) is 0 Å². The molecule has 0 aliphatic heterocycles. The number of aliphatic hydroxyl groups excluding tert-OH is 1. The lowest BCUT2D eigenvalue weighted by Gasteiger charge is -2.09. The molecule has 0 aliphatic carbocycles. The second-order valence-corrected chi connectivity index (χ2v) is 3.22. The highest BCUT2D eigenvalue weighted by Gasteiger charge is 2.07. The highest BCUT2D eigenvalue weighted by Crippen LogP contribution is 1.98. The van der Waals surface area contributed by atoms with E-state index in [1.54, 1.807) is 24.9 Å². The molecule has 0 aromatic heterocycles. The smallest absolute Gasteiger partial charge is 0.335 e. The van der Waals surface area contributed by atoms with Crippen molar-refractivity contribution in [3.63, 3.8) is 0 Å². The van der Waals surface area contributed by atoms with Gasteiger partial charge < -0.3 is 14.7 Å². The number of ether oxygens (including phenoxy) is 1. The van der Waals surface area contributed by atoms with Crippen molar-refractivity contribution in [2.45, 2.75) is 20.0 Å². The third kappa shape index (κ3) is 6.16. The van der Waals surface area contributed by atoms with E-state index in [-0.39, 0.29) is 6.61 Å². The molecule has 13 heavy (non-hydrogen) atoms. The number of hydrogen-bond donors (Lipinski definition) is 1. The van der Waals surface area contributed by atoms with Gasteiger partial charge in [0.15, 0.2) is 0 Å². The normalized spacial score (nSPS) is 13.8. The van der Waals surface area contributed by atoms with Gasteiger partial charge in [-0.15, -0.1) is 0 Å². The van der Waals surface area contributed by atoms with Crippen LogP contribution in [0.3, 0.4) is 0 Å². The van der Waals surface area contributed by atoms with E-state index < -0.39 is 12.1 Å². The first-order chi connectivity index (χ1) is 5.93. The van der Waals surface area contributed by atoms with Crippen LogP contribution in [0.15, 0.2) is 11.8 Å². The van der Waals surface area contributed by atoms with Crippen molar-refractivity contribution in [2.75, 3.05) is 20.7 Å². The summed E-state index contributed by atoms with van der Waals surface area (Å²) in [5, 5.41) is 8.86. The SMILES string of the molecule is C/C(=C\N(C)C)C(=O)OCC(C)O. The molecule has 0 amide bonds. The summed E-state index contributed by atoms with van der Waals surface area (Å²) >= 11 is 0. The largest absolute Gasteiger partial charge is 0.460 e. The van der Waals surface area contributed by atoms with Gasteiger partial charge in [-0.05, 0) is 13.8 Å². The Morgan fingerprint density at radius 2 is 2.15 bits per heavy atom. The van der Waals surface area contributed by atoms with Gasteiger partial charge in [0, 0.05) is 25.9 Å². The van der Waals surface area contributed by atoms with Gasteiger partial charge in [0.1, 0.15) is 6.61 Å². The quantitative estimate of drug-likeness (QED) is 0.510. The molecule has 76 valence electrons. The summed E-state index contributed by atoms with van der Waals surface area (Å²) < 4.78 is 4.78. The lowest BCUT2D eigenvalue weighted by Crippen LogP contribution is -2.17. The van der Waals surface area contributed by atoms with Crippen molar-refractivity contribution >= 4 is 5.97 Å². The van der Waals surface area contributed by atoms with E-state index in [1.807, 2.05) is 14.1 Å². The molecule has 4 heteroatoms. The lowest BCUT2D eigenvalue weighted by atomic mass is 10.3. The zero-order valence-corrected chi connectivity index (χ0v) is 8.57. The van der Waals surface area contributed by atoms with Gasteiger partial charge >= 0.3 is 5.97 Å². The number of nitrogens with zero attached hydrogens (tertiary/aromatic N) is 1. The average Bonchev–Trinajstić information content (AvgIpc) is 1.98. The molecule has 0 heterocycles. The topological polar surface area (TPSA) is 49.8 Å². The summed E-state index contributed by atoms with van der Waals surface area (Å²) in [7, 11) is 3.65. The van der Waals surface area contributed by atoms with E-state index >= 15 is 0 Å². The molecule has 1 N–H and O–H groups in total. The summed E-state index contributed by atoms with van der Waals surface area (Å²) in [5.41, 5.74) is 0.519. The van der Waals surface area contributed by atoms with E-state index in [1.165, 1.54) is 0 Å². The molecule has 0 saturated carbocycles. The van der Waals surface area contributed by atoms with Crippen molar-refractivity contribution in [1.82, 2.24) is 4.90 Å². The number of aliphatic hydroxyl groups is 1. The molecule has 0 aromatic carbocycles. The average molecular weight is 187 g/mol. The summed E-state index contributed by atoms with van der Waals surface area (Å²) in [6.45, 7) is 3.28. The van der Waals surface area contributed by atoms with Crippen molar-refractivity contribution in [1.29, 1.82) is 0 Å². The fraction of sp³-hybridized carbons (Fsp3) is 0.667. The van der Waals surface area contributed by atoms with E-state index in [0.717, 1.165) is 0 Å². The van der Waals surface area contributed by atoms with E-state index in [2.05, 4.69) is 0 Å². The summed E-state index contributed by atoms with van der Waals surface area (Å²) in [4.78, 5) is 12.9. The molecule has 4 nitrogen and oxygen atoms in total. The molecule has 0 saturated heterocycles. The first kappa shape index (κ1) is 12.0. The fourth-order valence-electron chi connectivity index (χ4n) is 0.750. The van der Waals surface area contributed by atoms with Crippen LogP contribution in [0.25, 0.3) is 0 Å². The molecule has 0 aromatic rings. The number of carbonyl (C=O) groups excluding carboxylic acids is 1. The predicted octanol–water partition coefficient (Wildman–Crippen LogP) is 0.376. The first-order valence-electron chi connectivity index (χ1n) is 4.13. The Morgan fingerprint density at radius 3 is 2.54 bits per heavy atom. The highest BCUT2D eigenvalue weighted by atomic mass is 16.5. The fourth-order valence-corrected chi connectivity index (χ4v) is 0.750. The Balaban J connectivity index is 3.97. The van der Waals surface area contributed by atoms with Gasteiger partial charge in [-0.3, -0.25) is 0 Å². The summed E-state index contributed by atoms with van der Waals surface area (Å²) in [6.07, 6.45) is 1.06. The zero-order chi connectivity index (χ0) is 10.4. The van der Waals surface area contributed by atoms with Gasteiger partial charge in [0.2, 0.25) is 0 Å². The monoisotopic (exact) mass is 187 g/mol. The molecule has 0 spiro atoms. The molecule has 0 rings (SSSR count). The van der Waals surface area contributed by atoms with Crippen molar-refractivity contribution in [2.24, 2.45) is 0 Å². The van der Waals surface area contributed by atoms with Crippen LogP contribution in [0.2, 0.25) is 0 Å². The third-order valence-electron chi connectivity index (χ3n) is 1.23. The number of hydrogen-bond acceptors (Lipinski definition) is 4. The van der Waals surface area contributed by atoms with Crippen LogP contribution in [0.5, 0.6) is 0 Å². The number of esters is 1.